The summed E-state index contributed by atoms with van der Waals surface area (Å²) in [5, 5.41) is 3.21. The van der Waals surface area contributed by atoms with E-state index in [1.165, 1.54) is 19.3 Å². The lowest BCUT2D eigenvalue weighted by atomic mass is 10.1. The number of ether oxygens (including phenoxy) is 1. The Labute approximate surface area is 102 Å². The highest BCUT2D eigenvalue weighted by Gasteiger charge is 2.17. The molecule has 0 bridgehead atoms. The third-order valence-electron chi connectivity index (χ3n) is 3.33. The molecule has 0 saturated heterocycles. The zero-order chi connectivity index (χ0) is 12.4. The molecule has 0 aromatic heterocycles. The number of rotatable bonds is 10. The Hall–Kier alpha value is -0.120. The van der Waals surface area contributed by atoms with Crippen LogP contribution < -0.4 is 5.32 Å². The first-order valence-electron chi connectivity index (χ1n) is 6.56. The quantitative estimate of drug-likeness (QED) is 0.582. The van der Waals surface area contributed by atoms with Gasteiger partial charge in [-0.3, -0.25) is 4.90 Å². The molecule has 16 heavy (non-hydrogen) atoms. The van der Waals surface area contributed by atoms with Crippen molar-refractivity contribution >= 4 is 0 Å². The van der Waals surface area contributed by atoms with Crippen molar-refractivity contribution in [3.8, 4) is 0 Å². The van der Waals surface area contributed by atoms with Crippen LogP contribution in [0.2, 0.25) is 0 Å². The predicted molar refractivity (Wildman–Crippen MR) is 71.0 cm³/mol. The molecular formula is C13H30N2O. The van der Waals surface area contributed by atoms with Gasteiger partial charge in [0.2, 0.25) is 0 Å². The molecule has 2 unspecified atom stereocenters. The zero-order valence-corrected chi connectivity index (χ0v) is 11.8. The molecule has 0 heterocycles. The second-order valence-electron chi connectivity index (χ2n) is 4.58. The average molecular weight is 230 g/mol. The number of methoxy groups -OCH3 is 1. The fourth-order valence-electron chi connectivity index (χ4n) is 2.05. The monoisotopic (exact) mass is 230 g/mol. The first-order valence-corrected chi connectivity index (χ1v) is 6.56. The van der Waals surface area contributed by atoms with Crippen molar-refractivity contribution in [2.75, 3.05) is 33.9 Å². The van der Waals surface area contributed by atoms with Gasteiger partial charge in [0.15, 0.2) is 0 Å². The predicted octanol–water partition coefficient (Wildman–Crippen LogP) is 2.12. The molecule has 3 heteroatoms. The Kier molecular flexibility index (Phi) is 9.99. The molecule has 1 N–H and O–H groups in total. The first-order chi connectivity index (χ1) is 7.67. The summed E-state index contributed by atoms with van der Waals surface area (Å²) in [5.74, 6) is 0. The third-order valence-corrected chi connectivity index (χ3v) is 3.33. The minimum atomic E-state index is 0.651. The summed E-state index contributed by atoms with van der Waals surface area (Å²) in [4.78, 5) is 2.57. The molecule has 98 valence electrons. The number of hydrogen-bond donors (Lipinski definition) is 1. The van der Waals surface area contributed by atoms with Gasteiger partial charge in [-0.05, 0) is 46.7 Å². The van der Waals surface area contributed by atoms with E-state index in [2.05, 4.69) is 31.0 Å². The van der Waals surface area contributed by atoms with E-state index in [-0.39, 0.29) is 0 Å². The normalized spacial score (nSPS) is 15.4. The molecule has 0 saturated carbocycles. The molecular weight excluding hydrogens is 200 g/mol. The summed E-state index contributed by atoms with van der Waals surface area (Å²) in [6.45, 7) is 9.89. The van der Waals surface area contributed by atoms with E-state index in [1.807, 2.05) is 7.05 Å². The number of hydrogen-bond acceptors (Lipinski definition) is 3. The van der Waals surface area contributed by atoms with Gasteiger partial charge < -0.3 is 10.1 Å². The summed E-state index contributed by atoms with van der Waals surface area (Å²) < 4.78 is 5.19. The van der Waals surface area contributed by atoms with Crippen molar-refractivity contribution in [2.45, 2.75) is 52.1 Å². The van der Waals surface area contributed by atoms with Gasteiger partial charge in [-0.15, -0.1) is 0 Å². The maximum atomic E-state index is 5.19. The van der Waals surface area contributed by atoms with Crippen LogP contribution in [0.15, 0.2) is 0 Å². The lowest BCUT2D eigenvalue weighted by molar-refractivity contribution is 0.0899. The van der Waals surface area contributed by atoms with Crippen molar-refractivity contribution in [2.24, 2.45) is 0 Å². The first kappa shape index (κ1) is 15.9. The highest BCUT2D eigenvalue weighted by molar-refractivity contribution is 4.73. The van der Waals surface area contributed by atoms with E-state index in [9.17, 15) is 0 Å². The second kappa shape index (κ2) is 10.1. The summed E-state index contributed by atoms with van der Waals surface area (Å²) in [7, 11) is 3.79. The van der Waals surface area contributed by atoms with Crippen molar-refractivity contribution in [1.29, 1.82) is 0 Å². The lowest BCUT2D eigenvalue weighted by Gasteiger charge is -2.34. The van der Waals surface area contributed by atoms with Crippen molar-refractivity contribution in [3.05, 3.63) is 0 Å². The van der Waals surface area contributed by atoms with Crippen molar-refractivity contribution < 1.29 is 4.74 Å². The van der Waals surface area contributed by atoms with Crippen LogP contribution >= 0.6 is 0 Å². The second-order valence-corrected chi connectivity index (χ2v) is 4.58. The maximum Gasteiger partial charge on any atom is 0.0589 e. The summed E-state index contributed by atoms with van der Waals surface area (Å²) in [6.07, 6.45) is 3.71. The molecule has 0 aliphatic rings. The smallest absolute Gasteiger partial charge is 0.0589 e. The van der Waals surface area contributed by atoms with Gasteiger partial charge in [0, 0.05) is 25.7 Å². The minimum Gasteiger partial charge on any atom is -0.383 e. The Morgan fingerprint density at radius 2 is 1.94 bits per heavy atom. The molecule has 0 rings (SSSR count). The molecule has 0 aliphatic carbocycles. The zero-order valence-electron chi connectivity index (χ0n) is 11.8. The fraction of sp³-hybridized carbons (Fsp3) is 1.00. The molecule has 0 aromatic carbocycles. The molecule has 0 amide bonds. The molecule has 0 aromatic rings. The van der Waals surface area contributed by atoms with Gasteiger partial charge in [-0.2, -0.15) is 0 Å². The van der Waals surface area contributed by atoms with Gasteiger partial charge in [0.25, 0.3) is 0 Å². The summed E-state index contributed by atoms with van der Waals surface area (Å²) >= 11 is 0. The molecule has 2 atom stereocenters. The topological polar surface area (TPSA) is 24.5 Å². The third kappa shape index (κ3) is 6.46. The van der Waals surface area contributed by atoms with Crippen molar-refractivity contribution in [1.82, 2.24) is 10.2 Å². The average Bonchev–Trinajstić information content (AvgIpc) is 2.29. The van der Waals surface area contributed by atoms with Crippen LogP contribution in [-0.2, 0) is 4.74 Å². The van der Waals surface area contributed by atoms with E-state index in [4.69, 9.17) is 4.74 Å². The Balaban J connectivity index is 4.03. The van der Waals surface area contributed by atoms with Crippen LogP contribution in [0.25, 0.3) is 0 Å². The van der Waals surface area contributed by atoms with E-state index in [0.717, 1.165) is 19.7 Å². The maximum absolute atomic E-state index is 5.19. The van der Waals surface area contributed by atoms with Crippen molar-refractivity contribution in [3.63, 3.8) is 0 Å². The minimum absolute atomic E-state index is 0.651. The van der Waals surface area contributed by atoms with Crippen LogP contribution in [-0.4, -0.2) is 50.8 Å². The van der Waals surface area contributed by atoms with Crippen LogP contribution in [0.4, 0.5) is 0 Å². The molecule has 0 aliphatic heterocycles. The Bertz CT molecular complexity index is 153. The molecule has 0 fully saturated rings. The fourth-order valence-corrected chi connectivity index (χ4v) is 2.05. The highest BCUT2D eigenvalue weighted by Crippen LogP contribution is 2.12. The van der Waals surface area contributed by atoms with Gasteiger partial charge in [0.1, 0.15) is 0 Å². The van der Waals surface area contributed by atoms with Gasteiger partial charge >= 0.3 is 0 Å². The Morgan fingerprint density at radius 3 is 2.44 bits per heavy atom. The van der Waals surface area contributed by atoms with Gasteiger partial charge in [-0.1, -0.05) is 6.92 Å². The molecule has 0 spiro atoms. The lowest BCUT2D eigenvalue weighted by Crippen LogP contribution is -2.42. The largest absolute Gasteiger partial charge is 0.383 e. The molecule has 3 nitrogen and oxygen atoms in total. The number of nitrogens with zero attached hydrogens (tertiary/aromatic N) is 1. The Morgan fingerprint density at radius 1 is 1.25 bits per heavy atom. The summed E-state index contributed by atoms with van der Waals surface area (Å²) in [5.41, 5.74) is 0. The van der Waals surface area contributed by atoms with E-state index in [0.29, 0.717) is 12.1 Å². The van der Waals surface area contributed by atoms with Crippen LogP contribution in [0, 0.1) is 0 Å². The number of nitrogens with one attached hydrogen (secondary N) is 1. The van der Waals surface area contributed by atoms with E-state index >= 15 is 0 Å². The van der Waals surface area contributed by atoms with E-state index in [1.54, 1.807) is 7.11 Å². The van der Waals surface area contributed by atoms with Crippen LogP contribution in [0.3, 0.4) is 0 Å². The highest BCUT2D eigenvalue weighted by atomic mass is 16.5. The standard InChI is InChI=1S/C13H30N2O/c1-6-12(2)15(10-11-16-5)13(3)8-7-9-14-4/h12-14H,6-11H2,1-5H3. The SMILES string of the molecule is CCC(C)N(CCOC)C(C)CCCNC. The van der Waals surface area contributed by atoms with Crippen LogP contribution in [0.5, 0.6) is 0 Å². The molecule has 0 radical (unpaired) electrons. The summed E-state index contributed by atoms with van der Waals surface area (Å²) in [6, 6.07) is 1.30. The van der Waals surface area contributed by atoms with E-state index < -0.39 is 0 Å². The van der Waals surface area contributed by atoms with Gasteiger partial charge in [-0.25, -0.2) is 0 Å². The van der Waals surface area contributed by atoms with Gasteiger partial charge in [0.05, 0.1) is 6.61 Å². The van der Waals surface area contributed by atoms with Crippen LogP contribution in [0.1, 0.15) is 40.0 Å².